The van der Waals surface area contributed by atoms with Crippen molar-refractivity contribution >= 4 is 17.8 Å². The van der Waals surface area contributed by atoms with Crippen molar-refractivity contribution in [1.29, 1.82) is 0 Å². The molecule has 1 unspecified atom stereocenters. The molecular weight excluding hydrogens is 384 g/mol. The van der Waals surface area contributed by atoms with Crippen LogP contribution in [-0.4, -0.2) is 87.7 Å². The molecule has 1 saturated heterocycles. The summed E-state index contributed by atoms with van der Waals surface area (Å²) < 4.78 is 10.7. The van der Waals surface area contributed by atoms with Crippen molar-refractivity contribution in [3.8, 4) is 0 Å². The van der Waals surface area contributed by atoms with Crippen LogP contribution in [0.5, 0.6) is 0 Å². The number of carbonyl (C=O) groups is 2. The van der Waals surface area contributed by atoms with Crippen molar-refractivity contribution in [2.75, 3.05) is 60.2 Å². The highest BCUT2D eigenvalue weighted by Crippen LogP contribution is 2.22. The molecule has 2 aliphatic rings. The predicted octanol–water partition coefficient (Wildman–Crippen LogP) is 1.62. The van der Waals surface area contributed by atoms with Crippen LogP contribution >= 0.6 is 0 Å². The third-order valence-electron chi connectivity index (χ3n) is 5.55. The number of nitrogens with one attached hydrogen (secondary N) is 1. The molecule has 2 aliphatic heterocycles. The number of carbonyl (C=O) groups excluding carboxylic acids is 2. The molecule has 164 valence electrons. The minimum Gasteiger partial charge on any atom is -0.382 e. The Bertz CT molecular complexity index is 732. The number of imide groups is 1. The normalized spacial score (nSPS) is 19.0. The summed E-state index contributed by atoms with van der Waals surface area (Å²) in [4.78, 5) is 32.8. The first-order chi connectivity index (χ1) is 14.7. The molecule has 0 spiro atoms. The van der Waals surface area contributed by atoms with E-state index in [4.69, 9.17) is 9.47 Å². The fourth-order valence-electron chi connectivity index (χ4n) is 3.92. The van der Waals surface area contributed by atoms with Gasteiger partial charge in [0.1, 0.15) is 0 Å². The van der Waals surface area contributed by atoms with Gasteiger partial charge in [0.2, 0.25) is 0 Å². The van der Waals surface area contributed by atoms with E-state index in [9.17, 15) is 9.59 Å². The van der Waals surface area contributed by atoms with Gasteiger partial charge in [-0.15, -0.1) is 0 Å². The number of guanidine groups is 1. The number of aliphatic imine (C=N–C) groups is 1. The number of hydrogen-bond acceptors (Lipinski definition) is 5. The van der Waals surface area contributed by atoms with E-state index in [1.807, 2.05) is 0 Å². The van der Waals surface area contributed by atoms with Crippen LogP contribution in [0.3, 0.4) is 0 Å². The number of fused-ring (bicyclic) bond motifs is 1. The molecular formula is C22H32N4O4. The van der Waals surface area contributed by atoms with Crippen LogP contribution in [0.4, 0.5) is 0 Å². The van der Waals surface area contributed by atoms with E-state index in [1.165, 1.54) is 4.90 Å². The highest BCUT2D eigenvalue weighted by atomic mass is 16.5. The second kappa shape index (κ2) is 11.1. The second-order valence-electron chi connectivity index (χ2n) is 7.66. The number of rotatable bonds is 10. The topological polar surface area (TPSA) is 83.5 Å². The van der Waals surface area contributed by atoms with Gasteiger partial charge < -0.3 is 19.7 Å². The van der Waals surface area contributed by atoms with Crippen molar-refractivity contribution in [2.24, 2.45) is 10.9 Å². The van der Waals surface area contributed by atoms with Crippen LogP contribution in [0, 0.1) is 5.92 Å². The zero-order valence-electron chi connectivity index (χ0n) is 17.9. The van der Waals surface area contributed by atoms with Crippen molar-refractivity contribution < 1.29 is 19.1 Å². The van der Waals surface area contributed by atoms with Gasteiger partial charge in [0, 0.05) is 46.3 Å². The zero-order chi connectivity index (χ0) is 21.3. The van der Waals surface area contributed by atoms with E-state index in [2.05, 4.69) is 15.2 Å². The summed E-state index contributed by atoms with van der Waals surface area (Å²) in [5.74, 6) is 1.04. The number of hydrogen-bond donors (Lipinski definition) is 1. The maximum atomic E-state index is 12.4. The van der Waals surface area contributed by atoms with Crippen LogP contribution in [0.2, 0.25) is 0 Å². The standard InChI is InChI=1S/C22H32N4O4/c1-23-22(25-12-9-17(15-25)16-30-14-13-29-2)24-10-5-6-11-26-20(27)18-7-3-4-8-19(18)21(26)28/h3-4,7-8,17H,5-6,9-16H2,1-2H3,(H,23,24). The first-order valence-corrected chi connectivity index (χ1v) is 10.6. The lowest BCUT2D eigenvalue weighted by atomic mass is 10.1. The third kappa shape index (κ3) is 5.37. The number of methoxy groups -OCH3 is 1. The van der Waals surface area contributed by atoms with Crippen LogP contribution in [0.1, 0.15) is 40.0 Å². The second-order valence-corrected chi connectivity index (χ2v) is 7.66. The molecule has 1 aromatic carbocycles. The lowest BCUT2D eigenvalue weighted by Gasteiger charge is -2.22. The Morgan fingerprint density at radius 2 is 1.90 bits per heavy atom. The molecule has 8 heteroatoms. The zero-order valence-corrected chi connectivity index (χ0v) is 17.9. The minimum atomic E-state index is -0.185. The fraction of sp³-hybridized carbons (Fsp3) is 0.591. The predicted molar refractivity (Wildman–Crippen MR) is 115 cm³/mol. The molecule has 1 atom stereocenters. The van der Waals surface area contributed by atoms with Gasteiger partial charge in [-0.25, -0.2) is 0 Å². The van der Waals surface area contributed by atoms with Gasteiger partial charge >= 0.3 is 0 Å². The molecule has 30 heavy (non-hydrogen) atoms. The van der Waals surface area contributed by atoms with Gasteiger partial charge in [-0.2, -0.15) is 0 Å². The molecule has 3 rings (SSSR count). The highest BCUT2D eigenvalue weighted by molar-refractivity contribution is 6.21. The average molecular weight is 417 g/mol. The van der Waals surface area contributed by atoms with E-state index < -0.39 is 0 Å². The Hall–Kier alpha value is -2.45. The highest BCUT2D eigenvalue weighted by Gasteiger charge is 2.34. The number of nitrogens with zero attached hydrogens (tertiary/aromatic N) is 3. The largest absolute Gasteiger partial charge is 0.382 e. The Balaban J connectivity index is 1.34. The summed E-state index contributed by atoms with van der Waals surface area (Å²) >= 11 is 0. The lowest BCUT2D eigenvalue weighted by Crippen LogP contribution is -2.40. The molecule has 0 bridgehead atoms. The minimum absolute atomic E-state index is 0.185. The van der Waals surface area contributed by atoms with Crippen LogP contribution < -0.4 is 5.32 Å². The molecule has 0 saturated carbocycles. The number of benzene rings is 1. The summed E-state index contributed by atoms with van der Waals surface area (Å²) in [5.41, 5.74) is 1.02. The van der Waals surface area contributed by atoms with Gasteiger partial charge in [-0.1, -0.05) is 12.1 Å². The van der Waals surface area contributed by atoms with Crippen molar-refractivity contribution in [1.82, 2.24) is 15.1 Å². The monoisotopic (exact) mass is 416 g/mol. The SMILES string of the molecule is CN=C(NCCCCN1C(=O)c2ccccc2C1=O)N1CCC(COCCOC)C1. The summed E-state index contributed by atoms with van der Waals surface area (Å²) in [7, 11) is 3.47. The number of amides is 2. The van der Waals surface area contributed by atoms with Crippen LogP contribution in [0.25, 0.3) is 0 Å². The molecule has 1 aromatic rings. The molecule has 0 aliphatic carbocycles. The molecule has 8 nitrogen and oxygen atoms in total. The van der Waals surface area contributed by atoms with Gasteiger partial charge in [-0.3, -0.25) is 19.5 Å². The van der Waals surface area contributed by atoms with Gasteiger partial charge in [0.05, 0.1) is 30.9 Å². The lowest BCUT2D eigenvalue weighted by molar-refractivity contribution is 0.0536. The number of ether oxygens (including phenoxy) is 2. The molecule has 0 radical (unpaired) electrons. The Morgan fingerprint density at radius 3 is 2.57 bits per heavy atom. The van der Waals surface area contributed by atoms with E-state index in [0.717, 1.165) is 51.5 Å². The van der Waals surface area contributed by atoms with Crippen LogP contribution in [-0.2, 0) is 9.47 Å². The first kappa shape index (κ1) is 22.2. The number of likely N-dealkylation sites (tertiary alicyclic amines) is 1. The Kier molecular flexibility index (Phi) is 8.21. The molecule has 1 fully saturated rings. The van der Waals surface area contributed by atoms with E-state index >= 15 is 0 Å². The summed E-state index contributed by atoms with van der Waals surface area (Å²) in [5, 5.41) is 3.40. The quantitative estimate of drug-likeness (QED) is 0.270. The Labute approximate surface area is 178 Å². The molecule has 1 N–H and O–H groups in total. The maximum absolute atomic E-state index is 12.4. The summed E-state index contributed by atoms with van der Waals surface area (Å²) in [6, 6.07) is 7.01. The van der Waals surface area contributed by atoms with Gasteiger partial charge in [0.25, 0.3) is 11.8 Å². The van der Waals surface area contributed by atoms with Crippen molar-refractivity contribution in [3.63, 3.8) is 0 Å². The smallest absolute Gasteiger partial charge is 0.261 e. The van der Waals surface area contributed by atoms with Crippen molar-refractivity contribution in [2.45, 2.75) is 19.3 Å². The van der Waals surface area contributed by atoms with Crippen molar-refractivity contribution in [3.05, 3.63) is 35.4 Å². The van der Waals surface area contributed by atoms with E-state index in [0.29, 0.717) is 36.8 Å². The summed E-state index contributed by atoms with van der Waals surface area (Å²) in [6.07, 6.45) is 2.70. The van der Waals surface area contributed by atoms with Gasteiger partial charge in [-0.05, 0) is 31.4 Å². The Morgan fingerprint density at radius 1 is 1.17 bits per heavy atom. The third-order valence-corrected chi connectivity index (χ3v) is 5.55. The van der Waals surface area contributed by atoms with E-state index in [-0.39, 0.29) is 11.8 Å². The maximum Gasteiger partial charge on any atom is 0.261 e. The fourth-order valence-corrected chi connectivity index (χ4v) is 3.92. The molecule has 2 amide bonds. The van der Waals surface area contributed by atoms with Gasteiger partial charge in [0.15, 0.2) is 5.96 Å². The molecule has 0 aromatic heterocycles. The summed E-state index contributed by atoms with van der Waals surface area (Å²) in [6.45, 7) is 5.10. The molecule has 2 heterocycles. The van der Waals surface area contributed by atoms with E-state index in [1.54, 1.807) is 38.4 Å². The number of unbranched alkanes of at least 4 members (excludes halogenated alkanes) is 1. The average Bonchev–Trinajstić information content (AvgIpc) is 3.32. The first-order valence-electron chi connectivity index (χ1n) is 10.6. The van der Waals surface area contributed by atoms with Crippen LogP contribution in [0.15, 0.2) is 29.3 Å².